The lowest BCUT2D eigenvalue weighted by molar-refractivity contribution is 1.18. The van der Waals surface area contributed by atoms with E-state index in [9.17, 15) is 0 Å². The maximum Gasteiger partial charge on any atom is 0.0951 e. The van der Waals surface area contributed by atoms with Gasteiger partial charge in [0.05, 0.1) is 22.6 Å². The quantitative estimate of drug-likeness (QED) is 0.457. The number of H-pyrrole nitrogens is 1. The highest BCUT2D eigenvalue weighted by Gasteiger charge is 2.18. The predicted octanol–water partition coefficient (Wildman–Crippen LogP) is 2.84. The van der Waals surface area contributed by atoms with Crippen LogP contribution in [0, 0.1) is 10.4 Å². The summed E-state index contributed by atoms with van der Waals surface area (Å²) in [4.78, 5) is 8.17. The molecule has 106 valence electrons. The first kappa shape index (κ1) is 11.3. The first-order valence-corrected chi connectivity index (χ1v) is 7.56. The van der Waals surface area contributed by atoms with Gasteiger partial charge in [0.2, 0.25) is 0 Å². The number of aromatic amines is 1. The molecule has 0 aliphatic carbocycles. The van der Waals surface area contributed by atoms with Gasteiger partial charge >= 0.3 is 0 Å². The van der Waals surface area contributed by atoms with Crippen LogP contribution < -0.4 is 10.7 Å². The third kappa shape index (κ3) is 1.25. The Morgan fingerprint density at radius 2 is 1.74 bits per heavy atom. The summed E-state index contributed by atoms with van der Waals surface area (Å²) < 4.78 is 0. The summed E-state index contributed by atoms with van der Waals surface area (Å²) in [6.07, 6.45) is 5.97. The molecule has 0 atom stereocenters. The highest BCUT2D eigenvalue weighted by molar-refractivity contribution is 6.18. The van der Waals surface area contributed by atoms with Crippen molar-refractivity contribution in [1.82, 2.24) is 4.98 Å². The summed E-state index contributed by atoms with van der Waals surface area (Å²) in [7, 11) is 0. The van der Waals surface area contributed by atoms with E-state index in [-0.39, 0.29) is 0 Å². The number of aromatic nitrogens is 1. The molecule has 0 fully saturated rings. The average Bonchev–Trinajstić information content (AvgIpc) is 3.30. The van der Waals surface area contributed by atoms with Gasteiger partial charge < -0.3 is 4.98 Å². The second-order valence-corrected chi connectivity index (χ2v) is 5.90. The summed E-state index contributed by atoms with van der Waals surface area (Å²) in [6, 6.07) is 12.5. The molecule has 0 amide bonds. The van der Waals surface area contributed by atoms with Gasteiger partial charge in [-0.05, 0) is 18.2 Å². The summed E-state index contributed by atoms with van der Waals surface area (Å²) in [6.45, 7) is 0. The van der Waals surface area contributed by atoms with Crippen molar-refractivity contribution in [2.45, 2.75) is 0 Å². The molecule has 0 bridgehead atoms. The lowest BCUT2D eigenvalue weighted by atomic mass is 9.97. The molecule has 0 radical (unpaired) electrons. The zero-order chi connectivity index (χ0) is 15.0. The van der Waals surface area contributed by atoms with Crippen LogP contribution in [0.15, 0.2) is 64.0 Å². The maximum absolute atomic E-state index is 4.91. The molecule has 6 rings (SSSR count). The van der Waals surface area contributed by atoms with Crippen LogP contribution in [0.2, 0.25) is 0 Å². The third-order valence-corrected chi connectivity index (χ3v) is 4.76. The number of nitrogens with zero attached hydrogens (tertiary/aromatic N) is 3. The van der Waals surface area contributed by atoms with Gasteiger partial charge in [0.15, 0.2) is 0 Å². The molecule has 4 nitrogen and oxygen atoms in total. The fraction of sp³-hybridized carbons (Fsp3) is 0. The van der Waals surface area contributed by atoms with Crippen LogP contribution in [0.4, 0.5) is 5.69 Å². The molecule has 0 spiro atoms. The minimum atomic E-state index is 0.926. The second kappa shape index (κ2) is 3.73. The molecular formula is C19H10N4. The van der Waals surface area contributed by atoms with Crippen molar-refractivity contribution >= 4 is 33.4 Å². The number of fused-ring (bicyclic) bond motifs is 9. The van der Waals surface area contributed by atoms with Crippen LogP contribution in [0.25, 0.3) is 21.5 Å². The SMILES string of the molecule is C1=NN=c2ccc3c4c(c5c[nH]cc5c3c21)=c1ccccc1=N4. The van der Waals surface area contributed by atoms with E-state index in [0.29, 0.717) is 0 Å². The second-order valence-electron chi connectivity index (χ2n) is 5.90. The van der Waals surface area contributed by atoms with E-state index in [1.165, 1.54) is 26.6 Å². The van der Waals surface area contributed by atoms with E-state index in [1.807, 2.05) is 18.3 Å². The lowest BCUT2D eigenvalue weighted by Crippen LogP contribution is -2.04. The molecule has 3 aromatic carbocycles. The maximum atomic E-state index is 4.91. The van der Waals surface area contributed by atoms with E-state index < -0.39 is 0 Å². The summed E-state index contributed by atoms with van der Waals surface area (Å²) >= 11 is 0. The lowest BCUT2D eigenvalue weighted by Gasteiger charge is -2.06. The molecule has 3 heterocycles. The first-order valence-electron chi connectivity index (χ1n) is 7.56. The molecule has 4 aromatic rings. The number of hydrogen-bond acceptors (Lipinski definition) is 3. The molecule has 1 aromatic heterocycles. The van der Waals surface area contributed by atoms with Crippen LogP contribution in [-0.4, -0.2) is 11.2 Å². The Morgan fingerprint density at radius 3 is 2.74 bits per heavy atom. The molecule has 0 saturated carbocycles. The Morgan fingerprint density at radius 1 is 0.826 bits per heavy atom. The number of benzene rings is 3. The number of para-hydroxylation sites is 1. The van der Waals surface area contributed by atoms with Crippen molar-refractivity contribution in [3.63, 3.8) is 0 Å². The van der Waals surface area contributed by atoms with E-state index in [1.54, 1.807) is 0 Å². The van der Waals surface area contributed by atoms with Crippen LogP contribution in [0.5, 0.6) is 0 Å². The highest BCUT2D eigenvalue weighted by atomic mass is 15.2. The topological polar surface area (TPSA) is 52.9 Å². The Labute approximate surface area is 129 Å². The standard InChI is InChI=1S/C19H10N4/c1-2-4-15-10(3-1)18-13-8-20-7-12(13)17-11(19(18)22-15)5-6-16-14(17)9-21-23-16/h1-9,20H. The van der Waals surface area contributed by atoms with E-state index in [0.717, 1.165) is 27.4 Å². The van der Waals surface area contributed by atoms with Gasteiger partial charge in [-0.3, -0.25) is 0 Å². The summed E-state index contributed by atoms with van der Waals surface area (Å²) in [5, 5.41) is 17.4. The van der Waals surface area contributed by atoms with Crippen LogP contribution in [-0.2, 0) is 0 Å². The van der Waals surface area contributed by atoms with Crippen LogP contribution in [0.1, 0.15) is 5.56 Å². The van der Waals surface area contributed by atoms with E-state index in [4.69, 9.17) is 4.99 Å². The monoisotopic (exact) mass is 294 g/mol. The van der Waals surface area contributed by atoms with Crippen molar-refractivity contribution in [2.24, 2.45) is 15.2 Å². The fourth-order valence-corrected chi connectivity index (χ4v) is 3.79. The Kier molecular flexibility index (Phi) is 1.84. The zero-order valence-electron chi connectivity index (χ0n) is 12.0. The van der Waals surface area contributed by atoms with Crippen LogP contribution >= 0.6 is 0 Å². The predicted molar refractivity (Wildman–Crippen MR) is 89.5 cm³/mol. The fourth-order valence-electron chi connectivity index (χ4n) is 3.79. The van der Waals surface area contributed by atoms with Gasteiger partial charge in [0.25, 0.3) is 0 Å². The minimum absolute atomic E-state index is 0.926. The van der Waals surface area contributed by atoms with Gasteiger partial charge in [-0.2, -0.15) is 10.2 Å². The van der Waals surface area contributed by atoms with E-state index >= 15 is 0 Å². The number of nitrogens with one attached hydrogen (secondary N) is 1. The normalized spacial score (nSPS) is 13.7. The van der Waals surface area contributed by atoms with Crippen molar-refractivity contribution in [3.05, 3.63) is 75.5 Å². The van der Waals surface area contributed by atoms with E-state index in [2.05, 4.69) is 51.8 Å². The molecule has 0 unspecified atom stereocenters. The summed E-state index contributed by atoms with van der Waals surface area (Å²) in [5.74, 6) is 0. The van der Waals surface area contributed by atoms with Crippen LogP contribution in [0.3, 0.4) is 0 Å². The Balaban J connectivity index is 2.06. The molecule has 1 N–H and O–H groups in total. The molecule has 23 heavy (non-hydrogen) atoms. The first-order chi connectivity index (χ1) is 11.4. The smallest absolute Gasteiger partial charge is 0.0951 e. The molecule has 4 heteroatoms. The number of hydrogen-bond donors (Lipinski definition) is 1. The van der Waals surface area contributed by atoms with Crippen molar-refractivity contribution < 1.29 is 0 Å². The third-order valence-electron chi connectivity index (χ3n) is 4.76. The van der Waals surface area contributed by atoms with Crippen molar-refractivity contribution in [1.29, 1.82) is 0 Å². The Bertz CT molecular complexity index is 1410. The Hall–Kier alpha value is -3.27. The molecular weight excluding hydrogens is 284 g/mol. The van der Waals surface area contributed by atoms with Gasteiger partial charge in [-0.25, -0.2) is 4.99 Å². The van der Waals surface area contributed by atoms with Gasteiger partial charge in [0.1, 0.15) is 0 Å². The zero-order valence-corrected chi connectivity index (χ0v) is 12.0. The molecule has 2 aliphatic heterocycles. The molecule has 2 aliphatic rings. The number of rotatable bonds is 0. The average molecular weight is 294 g/mol. The summed E-state index contributed by atoms with van der Waals surface area (Å²) in [5.41, 5.74) is 2.14. The minimum Gasteiger partial charge on any atom is -0.366 e. The van der Waals surface area contributed by atoms with Crippen molar-refractivity contribution in [2.75, 3.05) is 0 Å². The van der Waals surface area contributed by atoms with Gasteiger partial charge in [0, 0.05) is 49.9 Å². The molecule has 0 saturated heterocycles. The largest absolute Gasteiger partial charge is 0.366 e. The van der Waals surface area contributed by atoms with Gasteiger partial charge in [-0.15, -0.1) is 0 Å². The van der Waals surface area contributed by atoms with Gasteiger partial charge in [-0.1, -0.05) is 18.2 Å². The van der Waals surface area contributed by atoms with Crippen molar-refractivity contribution in [3.8, 4) is 0 Å². The highest BCUT2D eigenvalue weighted by Crippen LogP contribution is 2.37.